The quantitative estimate of drug-likeness (QED) is 0.395. The molecule has 0 bridgehead atoms. The van der Waals surface area contributed by atoms with Crippen LogP contribution in [0.15, 0.2) is 45.8 Å². The fraction of sp³-hybridized carbons (Fsp3) is 0.167. The number of rotatable bonds is 3. The summed E-state index contributed by atoms with van der Waals surface area (Å²) >= 11 is 1.17. The highest BCUT2D eigenvalue weighted by Gasteiger charge is 2.34. The number of hydrogen-bond donors (Lipinski definition) is 2. The molecule has 0 spiro atoms. The number of halogens is 3. The lowest BCUT2D eigenvalue weighted by Crippen LogP contribution is -2.20. The lowest BCUT2D eigenvalue weighted by atomic mass is 10.1. The van der Waals surface area contributed by atoms with E-state index in [1.54, 1.807) is 24.0 Å². The van der Waals surface area contributed by atoms with Crippen LogP contribution in [0, 0.1) is 0 Å². The van der Waals surface area contributed by atoms with Crippen LogP contribution in [-0.2, 0) is 13.2 Å². The molecule has 2 rings (SSSR count). The Balaban J connectivity index is 2.45. The minimum Gasteiger partial charge on any atom is -0.409 e. The van der Waals surface area contributed by atoms with Crippen LogP contribution in [-0.4, -0.2) is 20.6 Å². The maximum Gasteiger partial charge on any atom is 0.417 e. The molecule has 9 heteroatoms. The van der Waals surface area contributed by atoms with E-state index in [4.69, 9.17) is 10.9 Å². The van der Waals surface area contributed by atoms with Crippen molar-refractivity contribution in [3.8, 4) is 0 Å². The SMILES string of the molecule is Cn1ccnc1Sc1ccc(C(F)(F)F)c(/C(N)=N/O)c1. The third kappa shape index (κ3) is 3.30. The van der Waals surface area contributed by atoms with E-state index in [0.717, 1.165) is 6.07 Å². The van der Waals surface area contributed by atoms with Crippen molar-refractivity contribution in [1.82, 2.24) is 9.55 Å². The Bertz CT molecular complexity index is 681. The monoisotopic (exact) mass is 316 g/mol. The molecule has 0 aliphatic rings. The van der Waals surface area contributed by atoms with E-state index in [0.29, 0.717) is 10.1 Å². The van der Waals surface area contributed by atoms with Gasteiger partial charge in [-0.25, -0.2) is 4.98 Å². The minimum atomic E-state index is -4.59. The molecule has 0 saturated carbocycles. The van der Waals surface area contributed by atoms with Gasteiger partial charge in [0, 0.05) is 29.9 Å². The van der Waals surface area contributed by atoms with E-state index in [1.165, 1.54) is 23.9 Å². The fourth-order valence-corrected chi connectivity index (χ4v) is 2.50. The van der Waals surface area contributed by atoms with Crippen LogP contribution in [0.4, 0.5) is 13.2 Å². The molecule has 1 heterocycles. The zero-order chi connectivity index (χ0) is 15.6. The fourth-order valence-electron chi connectivity index (χ4n) is 1.66. The summed E-state index contributed by atoms with van der Waals surface area (Å²) in [6, 6.07) is 3.44. The molecule has 112 valence electrons. The first-order valence-corrected chi connectivity index (χ1v) is 6.49. The summed E-state index contributed by atoms with van der Waals surface area (Å²) < 4.78 is 40.4. The second-order valence-electron chi connectivity index (χ2n) is 4.11. The summed E-state index contributed by atoms with van der Waals surface area (Å²) in [6.45, 7) is 0. The summed E-state index contributed by atoms with van der Waals surface area (Å²) in [5.41, 5.74) is 4.01. The number of hydrogen-bond acceptors (Lipinski definition) is 4. The van der Waals surface area contributed by atoms with Crippen molar-refractivity contribution in [2.24, 2.45) is 17.9 Å². The van der Waals surface area contributed by atoms with Gasteiger partial charge in [0.1, 0.15) is 0 Å². The predicted octanol–water partition coefficient (Wildman–Crippen LogP) is 2.68. The van der Waals surface area contributed by atoms with Crippen molar-refractivity contribution in [1.29, 1.82) is 0 Å². The normalized spacial score (nSPS) is 12.7. The largest absolute Gasteiger partial charge is 0.417 e. The summed E-state index contributed by atoms with van der Waals surface area (Å²) in [6.07, 6.45) is -1.29. The van der Waals surface area contributed by atoms with Gasteiger partial charge in [0.05, 0.1) is 5.56 Å². The zero-order valence-electron chi connectivity index (χ0n) is 10.8. The number of amidine groups is 1. The number of imidazole rings is 1. The van der Waals surface area contributed by atoms with Gasteiger partial charge in [-0.05, 0) is 18.2 Å². The van der Waals surface area contributed by atoms with E-state index < -0.39 is 17.6 Å². The maximum atomic E-state index is 12.9. The second kappa shape index (κ2) is 5.68. The van der Waals surface area contributed by atoms with Gasteiger partial charge in [-0.15, -0.1) is 0 Å². The summed E-state index contributed by atoms with van der Waals surface area (Å²) in [5, 5.41) is 11.9. The van der Waals surface area contributed by atoms with Crippen LogP contribution in [0.1, 0.15) is 11.1 Å². The van der Waals surface area contributed by atoms with Crippen LogP contribution < -0.4 is 5.73 Å². The average Bonchev–Trinajstić information content (AvgIpc) is 2.82. The summed E-state index contributed by atoms with van der Waals surface area (Å²) in [5.74, 6) is -0.593. The highest BCUT2D eigenvalue weighted by molar-refractivity contribution is 7.99. The molecule has 0 atom stereocenters. The van der Waals surface area contributed by atoms with Crippen molar-refractivity contribution >= 4 is 17.6 Å². The lowest BCUT2D eigenvalue weighted by Gasteiger charge is -2.13. The Morgan fingerprint density at radius 1 is 1.43 bits per heavy atom. The third-order valence-electron chi connectivity index (χ3n) is 2.67. The molecule has 0 aliphatic carbocycles. The Labute approximate surface area is 122 Å². The number of aromatic nitrogens is 2. The highest BCUT2D eigenvalue weighted by Crippen LogP contribution is 2.35. The molecule has 21 heavy (non-hydrogen) atoms. The standard InChI is InChI=1S/C12H11F3N4OS/c1-19-5-4-17-11(19)21-7-2-3-9(12(13,14)15)8(6-7)10(16)18-20/h2-6,20H,1H3,(H2,16,18). The van der Waals surface area contributed by atoms with Crippen molar-refractivity contribution in [3.63, 3.8) is 0 Å². The molecule has 0 unspecified atom stereocenters. The third-order valence-corrected chi connectivity index (χ3v) is 3.73. The van der Waals surface area contributed by atoms with Crippen LogP contribution in [0.3, 0.4) is 0 Å². The van der Waals surface area contributed by atoms with Crippen LogP contribution >= 0.6 is 11.8 Å². The zero-order valence-corrected chi connectivity index (χ0v) is 11.6. The van der Waals surface area contributed by atoms with Crippen LogP contribution in [0.2, 0.25) is 0 Å². The van der Waals surface area contributed by atoms with Gasteiger partial charge in [0.2, 0.25) is 0 Å². The smallest absolute Gasteiger partial charge is 0.409 e. The molecule has 0 fully saturated rings. The first-order chi connectivity index (χ1) is 9.82. The molecule has 3 N–H and O–H groups in total. The highest BCUT2D eigenvalue weighted by atomic mass is 32.2. The van der Waals surface area contributed by atoms with Crippen LogP contribution in [0.5, 0.6) is 0 Å². The van der Waals surface area contributed by atoms with E-state index in [2.05, 4.69) is 10.1 Å². The Morgan fingerprint density at radius 3 is 2.67 bits per heavy atom. The maximum absolute atomic E-state index is 12.9. The van der Waals surface area contributed by atoms with E-state index in [-0.39, 0.29) is 5.56 Å². The molecule has 1 aromatic carbocycles. The second-order valence-corrected chi connectivity index (χ2v) is 5.15. The van der Waals surface area contributed by atoms with Crippen molar-refractivity contribution < 1.29 is 18.4 Å². The van der Waals surface area contributed by atoms with Gasteiger partial charge in [-0.3, -0.25) is 0 Å². The number of nitrogens with two attached hydrogens (primary N) is 1. The average molecular weight is 316 g/mol. The lowest BCUT2D eigenvalue weighted by molar-refractivity contribution is -0.137. The number of oxime groups is 1. The van der Waals surface area contributed by atoms with E-state index in [9.17, 15) is 13.2 Å². The number of nitrogens with zero attached hydrogens (tertiary/aromatic N) is 3. The van der Waals surface area contributed by atoms with E-state index >= 15 is 0 Å². The van der Waals surface area contributed by atoms with Crippen molar-refractivity contribution in [2.75, 3.05) is 0 Å². The Morgan fingerprint density at radius 2 is 2.14 bits per heavy atom. The Hall–Kier alpha value is -2.16. The summed E-state index contributed by atoms with van der Waals surface area (Å²) in [7, 11) is 1.77. The molecule has 0 aliphatic heterocycles. The molecule has 2 aromatic rings. The molecule has 0 amide bonds. The van der Waals surface area contributed by atoms with Gasteiger partial charge >= 0.3 is 6.18 Å². The number of benzene rings is 1. The van der Waals surface area contributed by atoms with Crippen molar-refractivity contribution in [2.45, 2.75) is 16.2 Å². The number of alkyl halides is 3. The number of aryl methyl sites for hydroxylation is 1. The first kappa shape index (κ1) is 15.2. The van der Waals surface area contributed by atoms with Gasteiger partial charge in [0.25, 0.3) is 0 Å². The minimum absolute atomic E-state index is 0.371. The van der Waals surface area contributed by atoms with Gasteiger partial charge < -0.3 is 15.5 Å². The molecule has 5 nitrogen and oxygen atoms in total. The predicted molar refractivity (Wildman–Crippen MR) is 71.3 cm³/mol. The van der Waals surface area contributed by atoms with Gasteiger partial charge in [0.15, 0.2) is 11.0 Å². The molecule has 0 saturated heterocycles. The van der Waals surface area contributed by atoms with E-state index in [1.807, 2.05) is 0 Å². The molecule has 1 aromatic heterocycles. The summed E-state index contributed by atoms with van der Waals surface area (Å²) in [4.78, 5) is 4.57. The van der Waals surface area contributed by atoms with Crippen molar-refractivity contribution in [3.05, 3.63) is 41.7 Å². The molecular weight excluding hydrogens is 305 g/mol. The van der Waals surface area contributed by atoms with Gasteiger partial charge in [-0.2, -0.15) is 13.2 Å². The topological polar surface area (TPSA) is 76.4 Å². The molecular formula is C12H11F3N4OS. The first-order valence-electron chi connectivity index (χ1n) is 5.67. The van der Waals surface area contributed by atoms with Gasteiger partial charge in [-0.1, -0.05) is 16.9 Å². The Kier molecular flexibility index (Phi) is 4.12. The molecule has 0 radical (unpaired) electrons. The van der Waals surface area contributed by atoms with Crippen LogP contribution in [0.25, 0.3) is 0 Å².